The first-order valence-corrected chi connectivity index (χ1v) is 12.1. The lowest BCUT2D eigenvalue weighted by atomic mass is 10.1. The van der Waals surface area contributed by atoms with Crippen molar-refractivity contribution in [2.45, 2.75) is 25.3 Å². The van der Waals surface area contributed by atoms with Crippen molar-refractivity contribution in [2.24, 2.45) is 0 Å². The van der Waals surface area contributed by atoms with Gasteiger partial charge in [-0.1, -0.05) is 30.8 Å². The molecule has 2 N–H and O–H groups in total. The molecular formula is C27H29N5O5. The Morgan fingerprint density at radius 1 is 1.08 bits per heavy atom. The predicted molar refractivity (Wildman–Crippen MR) is 138 cm³/mol. The van der Waals surface area contributed by atoms with Crippen LogP contribution in [-0.2, 0) is 14.3 Å². The molecule has 4 rings (SSSR count). The van der Waals surface area contributed by atoms with E-state index in [1.807, 2.05) is 10.6 Å². The Labute approximate surface area is 214 Å². The molecule has 3 aromatic rings. The molecule has 1 saturated heterocycles. The summed E-state index contributed by atoms with van der Waals surface area (Å²) in [6.07, 6.45) is 3.66. The summed E-state index contributed by atoms with van der Waals surface area (Å²) in [6.45, 7) is 4.28. The maximum Gasteiger partial charge on any atom is 0.325 e. The molecular weight excluding hydrogens is 474 g/mol. The van der Waals surface area contributed by atoms with Gasteiger partial charge in [-0.05, 0) is 49.6 Å². The van der Waals surface area contributed by atoms with Gasteiger partial charge in [0.2, 0.25) is 11.9 Å². The molecule has 3 amide bonds. The minimum Gasteiger partial charge on any atom is -0.468 e. The average molecular weight is 504 g/mol. The molecule has 1 unspecified atom stereocenters. The van der Waals surface area contributed by atoms with Gasteiger partial charge in [0.15, 0.2) is 0 Å². The van der Waals surface area contributed by atoms with Crippen LogP contribution >= 0.6 is 0 Å². The van der Waals surface area contributed by atoms with Crippen molar-refractivity contribution in [1.82, 2.24) is 19.8 Å². The number of rotatable bonds is 7. The van der Waals surface area contributed by atoms with E-state index >= 15 is 0 Å². The number of amides is 3. The third-order valence-electron chi connectivity index (χ3n) is 6.34. The Hall–Kier alpha value is -4.47. The van der Waals surface area contributed by atoms with Crippen LogP contribution in [0.5, 0.6) is 0 Å². The van der Waals surface area contributed by atoms with Crippen LogP contribution < -0.4 is 10.6 Å². The second-order valence-electron chi connectivity index (χ2n) is 8.70. The molecule has 1 aliphatic rings. The Morgan fingerprint density at radius 2 is 1.86 bits per heavy atom. The Kier molecular flexibility index (Phi) is 7.97. The molecule has 0 saturated carbocycles. The SMILES string of the molecule is C=CC(=O)N1CCCCC(n2c(NC(=O)c3ccccc3)nc3cccc(C(=O)NCC(=O)OC)c32)C1. The Bertz CT molecular complexity index is 1330. The maximum absolute atomic E-state index is 13.1. The van der Waals surface area contributed by atoms with Crippen molar-refractivity contribution in [2.75, 3.05) is 32.1 Å². The van der Waals surface area contributed by atoms with E-state index in [4.69, 9.17) is 0 Å². The van der Waals surface area contributed by atoms with Crippen LogP contribution in [-0.4, -0.2) is 64.9 Å². The van der Waals surface area contributed by atoms with Crippen LogP contribution in [0.25, 0.3) is 11.0 Å². The van der Waals surface area contributed by atoms with Gasteiger partial charge in [0.05, 0.1) is 29.7 Å². The average Bonchev–Trinajstić information content (AvgIpc) is 3.11. The van der Waals surface area contributed by atoms with Crippen LogP contribution in [0.1, 0.15) is 46.0 Å². The number of para-hydroxylation sites is 1. The summed E-state index contributed by atoms with van der Waals surface area (Å²) in [6, 6.07) is 13.6. The van der Waals surface area contributed by atoms with Crippen LogP contribution in [0.15, 0.2) is 61.2 Å². The van der Waals surface area contributed by atoms with Crippen molar-refractivity contribution in [3.8, 4) is 0 Å². The topological polar surface area (TPSA) is 123 Å². The van der Waals surface area contributed by atoms with E-state index in [-0.39, 0.29) is 30.3 Å². The molecule has 1 aliphatic heterocycles. The number of carbonyl (C=O) groups excluding carboxylic acids is 4. The monoisotopic (exact) mass is 503 g/mol. The van der Waals surface area contributed by atoms with Crippen molar-refractivity contribution in [3.63, 3.8) is 0 Å². The highest BCUT2D eigenvalue weighted by atomic mass is 16.5. The fourth-order valence-corrected chi connectivity index (χ4v) is 4.52. The number of nitrogens with zero attached hydrogens (tertiary/aromatic N) is 3. The molecule has 0 aliphatic carbocycles. The molecule has 192 valence electrons. The van der Waals surface area contributed by atoms with Gasteiger partial charge in [-0.15, -0.1) is 0 Å². The first-order chi connectivity index (χ1) is 17.9. The van der Waals surface area contributed by atoms with Gasteiger partial charge in [0.25, 0.3) is 11.8 Å². The van der Waals surface area contributed by atoms with E-state index in [9.17, 15) is 19.2 Å². The van der Waals surface area contributed by atoms with E-state index in [0.717, 1.165) is 12.8 Å². The lowest BCUT2D eigenvalue weighted by Crippen LogP contribution is -2.35. The minimum absolute atomic E-state index is 0.178. The lowest BCUT2D eigenvalue weighted by molar-refractivity contribution is -0.139. The van der Waals surface area contributed by atoms with Crippen LogP contribution in [0, 0.1) is 0 Å². The maximum atomic E-state index is 13.1. The first-order valence-electron chi connectivity index (χ1n) is 12.1. The molecule has 37 heavy (non-hydrogen) atoms. The number of nitrogens with one attached hydrogen (secondary N) is 2. The number of anilines is 1. The number of aromatic nitrogens is 2. The fraction of sp³-hybridized carbons (Fsp3) is 0.296. The van der Waals surface area contributed by atoms with Crippen molar-refractivity contribution in [1.29, 1.82) is 0 Å². The van der Waals surface area contributed by atoms with Gasteiger partial charge in [0.1, 0.15) is 6.54 Å². The molecule has 0 spiro atoms. The van der Waals surface area contributed by atoms with E-state index in [0.29, 0.717) is 41.7 Å². The largest absolute Gasteiger partial charge is 0.468 e. The number of hydrogen-bond acceptors (Lipinski definition) is 6. The van der Waals surface area contributed by atoms with Gasteiger partial charge >= 0.3 is 5.97 Å². The summed E-state index contributed by atoms with van der Waals surface area (Å²) in [4.78, 5) is 56.7. The summed E-state index contributed by atoms with van der Waals surface area (Å²) < 4.78 is 6.46. The van der Waals surface area contributed by atoms with E-state index < -0.39 is 11.9 Å². The summed E-state index contributed by atoms with van der Waals surface area (Å²) in [5, 5.41) is 5.48. The van der Waals surface area contributed by atoms with E-state index in [2.05, 4.69) is 26.9 Å². The molecule has 1 atom stereocenters. The van der Waals surface area contributed by atoms with Gasteiger partial charge in [-0.25, -0.2) is 4.98 Å². The standard InChI is InChI=1S/C27H29N5O5/c1-3-22(33)31-15-8-7-12-19(17-31)32-24-20(26(36)28-16-23(34)37-2)13-9-14-21(24)29-27(32)30-25(35)18-10-5-4-6-11-18/h3-6,9-11,13-14,19H,1,7-8,12,15-17H2,2H3,(H,28,36)(H,29,30,35). The van der Waals surface area contributed by atoms with Crippen molar-refractivity contribution >= 4 is 40.7 Å². The number of ether oxygens (including phenoxy) is 1. The molecule has 2 aromatic carbocycles. The number of carbonyl (C=O) groups is 4. The second-order valence-corrected chi connectivity index (χ2v) is 8.70. The molecule has 10 nitrogen and oxygen atoms in total. The predicted octanol–water partition coefficient (Wildman–Crippen LogP) is 2.93. The number of hydrogen-bond donors (Lipinski definition) is 2. The zero-order chi connectivity index (χ0) is 26.4. The summed E-state index contributed by atoms with van der Waals surface area (Å²) in [5.41, 5.74) is 1.76. The van der Waals surface area contributed by atoms with Crippen LogP contribution in [0.3, 0.4) is 0 Å². The molecule has 2 heterocycles. The van der Waals surface area contributed by atoms with Crippen molar-refractivity contribution < 1.29 is 23.9 Å². The van der Waals surface area contributed by atoms with Gasteiger partial charge in [-0.3, -0.25) is 24.5 Å². The molecule has 1 aromatic heterocycles. The minimum atomic E-state index is -0.577. The van der Waals surface area contributed by atoms with Crippen LogP contribution in [0.2, 0.25) is 0 Å². The normalized spacial score (nSPS) is 15.5. The Balaban J connectivity index is 1.81. The smallest absolute Gasteiger partial charge is 0.325 e. The number of fused-ring (bicyclic) bond motifs is 1. The summed E-state index contributed by atoms with van der Waals surface area (Å²) >= 11 is 0. The van der Waals surface area contributed by atoms with Crippen molar-refractivity contribution in [3.05, 3.63) is 72.3 Å². The fourth-order valence-electron chi connectivity index (χ4n) is 4.52. The van der Waals surface area contributed by atoms with Gasteiger partial charge in [0, 0.05) is 18.7 Å². The highest BCUT2D eigenvalue weighted by Gasteiger charge is 2.28. The summed E-state index contributed by atoms with van der Waals surface area (Å²) in [7, 11) is 1.24. The van der Waals surface area contributed by atoms with E-state index in [1.54, 1.807) is 47.4 Å². The highest BCUT2D eigenvalue weighted by Crippen LogP contribution is 2.32. The second kappa shape index (κ2) is 11.5. The van der Waals surface area contributed by atoms with Gasteiger partial charge in [-0.2, -0.15) is 0 Å². The molecule has 10 heteroatoms. The summed E-state index contributed by atoms with van der Waals surface area (Å²) in [5.74, 6) is -1.31. The zero-order valence-corrected chi connectivity index (χ0v) is 20.6. The van der Waals surface area contributed by atoms with Gasteiger partial charge < -0.3 is 19.5 Å². The first kappa shape index (κ1) is 25.6. The number of imidazole rings is 1. The number of benzene rings is 2. The van der Waals surface area contributed by atoms with Crippen LogP contribution in [0.4, 0.5) is 5.95 Å². The number of likely N-dealkylation sites (tertiary alicyclic amines) is 1. The third-order valence-corrected chi connectivity index (χ3v) is 6.34. The highest BCUT2D eigenvalue weighted by molar-refractivity contribution is 6.08. The number of methoxy groups -OCH3 is 1. The Morgan fingerprint density at radius 3 is 2.59 bits per heavy atom. The molecule has 0 bridgehead atoms. The quantitative estimate of drug-likeness (QED) is 0.378. The third kappa shape index (κ3) is 5.69. The lowest BCUT2D eigenvalue weighted by Gasteiger charge is -2.26. The zero-order valence-electron chi connectivity index (χ0n) is 20.6. The number of esters is 1. The molecule has 0 radical (unpaired) electrons. The van der Waals surface area contributed by atoms with E-state index in [1.165, 1.54) is 13.2 Å². The molecule has 1 fully saturated rings.